The summed E-state index contributed by atoms with van der Waals surface area (Å²) in [5.74, 6) is 1.11. The Morgan fingerprint density at radius 2 is 1.00 bits per heavy atom. The van der Waals surface area contributed by atoms with Gasteiger partial charge in [0, 0.05) is 13.1 Å². The predicted molar refractivity (Wildman–Crippen MR) is 146 cm³/mol. The first-order valence-electron chi connectivity index (χ1n) is 13.7. The minimum atomic E-state index is -0.0936. The van der Waals surface area contributed by atoms with Crippen molar-refractivity contribution >= 4 is 11.8 Å². The Morgan fingerprint density at radius 3 is 1.42 bits per heavy atom. The lowest BCUT2D eigenvalue weighted by Gasteiger charge is -2.12. The first kappa shape index (κ1) is 29.2. The molecule has 0 radical (unpaired) electrons. The van der Waals surface area contributed by atoms with Gasteiger partial charge in [-0.1, -0.05) is 76.6 Å². The van der Waals surface area contributed by atoms with E-state index in [1.807, 2.05) is 48.5 Å². The molecule has 0 fully saturated rings. The van der Waals surface area contributed by atoms with Crippen LogP contribution in [0.1, 0.15) is 98.8 Å². The van der Waals surface area contributed by atoms with Gasteiger partial charge in [-0.15, -0.1) is 0 Å². The summed E-state index contributed by atoms with van der Waals surface area (Å²) >= 11 is 0. The number of unbranched alkanes of at least 4 members (excludes halogenated alkanes) is 7. The number of carbonyl (C=O) groups excluding carboxylic acids is 2. The van der Waals surface area contributed by atoms with Crippen molar-refractivity contribution in [2.45, 2.75) is 78.1 Å². The van der Waals surface area contributed by atoms with E-state index in [1.54, 1.807) is 0 Å². The Labute approximate surface area is 217 Å². The lowest BCUT2D eigenvalue weighted by Crippen LogP contribution is -2.26. The molecule has 198 valence electrons. The van der Waals surface area contributed by atoms with Crippen molar-refractivity contribution in [1.29, 1.82) is 0 Å². The zero-order valence-corrected chi connectivity index (χ0v) is 22.2. The van der Waals surface area contributed by atoms with Gasteiger partial charge in [-0.25, -0.2) is 0 Å². The van der Waals surface area contributed by atoms with Crippen molar-refractivity contribution in [3.05, 3.63) is 59.7 Å². The molecule has 0 spiro atoms. The minimum absolute atomic E-state index is 0.0936. The van der Waals surface area contributed by atoms with Crippen LogP contribution in [0.5, 0.6) is 11.5 Å². The van der Waals surface area contributed by atoms with Crippen LogP contribution in [0, 0.1) is 0 Å². The molecule has 2 N–H and O–H groups in total. The van der Waals surface area contributed by atoms with Crippen molar-refractivity contribution in [3.63, 3.8) is 0 Å². The van der Waals surface area contributed by atoms with Crippen LogP contribution in [-0.4, -0.2) is 38.1 Å². The normalized spacial score (nSPS) is 10.6. The van der Waals surface area contributed by atoms with Crippen LogP contribution in [0.2, 0.25) is 0 Å². The molecule has 6 nitrogen and oxygen atoms in total. The Morgan fingerprint density at radius 1 is 0.583 bits per heavy atom. The van der Waals surface area contributed by atoms with E-state index in [4.69, 9.17) is 9.47 Å². The summed E-state index contributed by atoms with van der Waals surface area (Å²) < 4.78 is 11.6. The van der Waals surface area contributed by atoms with Crippen LogP contribution in [0.15, 0.2) is 48.5 Å². The van der Waals surface area contributed by atoms with E-state index in [2.05, 4.69) is 24.5 Å². The van der Waals surface area contributed by atoms with Gasteiger partial charge in [0.05, 0.1) is 24.3 Å². The SMILES string of the molecule is CCCCCOc1ccccc1C(=O)NCCCCCCNC(=O)c1ccccc1OCCCCC. The maximum Gasteiger partial charge on any atom is 0.255 e. The van der Waals surface area contributed by atoms with E-state index in [-0.39, 0.29) is 11.8 Å². The van der Waals surface area contributed by atoms with Crippen LogP contribution in [0.25, 0.3) is 0 Å². The van der Waals surface area contributed by atoms with Crippen molar-refractivity contribution in [1.82, 2.24) is 10.6 Å². The highest BCUT2D eigenvalue weighted by molar-refractivity contribution is 5.97. The molecule has 6 heteroatoms. The largest absolute Gasteiger partial charge is 0.493 e. The molecule has 0 atom stereocenters. The number of hydrogen-bond acceptors (Lipinski definition) is 4. The van der Waals surface area contributed by atoms with Crippen molar-refractivity contribution in [3.8, 4) is 11.5 Å². The van der Waals surface area contributed by atoms with E-state index >= 15 is 0 Å². The van der Waals surface area contributed by atoms with Crippen molar-refractivity contribution in [2.75, 3.05) is 26.3 Å². The summed E-state index contributed by atoms with van der Waals surface area (Å²) in [5, 5.41) is 6.00. The first-order chi connectivity index (χ1) is 17.7. The van der Waals surface area contributed by atoms with Gasteiger partial charge in [-0.05, 0) is 49.9 Å². The van der Waals surface area contributed by atoms with Gasteiger partial charge in [0.25, 0.3) is 11.8 Å². The molecule has 0 aliphatic carbocycles. The van der Waals surface area contributed by atoms with Gasteiger partial charge in [-0.3, -0.25) is 9.59 Å². The molecule has 0 aliphatic heterocycles. The number of carbonyl (C=O) groups is 2. The zero-order chi connectivity index (χ0) is 25.8. The fourth-order valence-corrected chi connectivity index (χ4v) is 3.83. The molecular formula is C30H44N2O4. The van der Waals surface area contributed by atoms with Crippen LogP contribution in [-0.2, 0) is 0 Å². The van der Waals surface area contributed by atoms with Crippen LogP contribution >= 0.6 is 0 Å². The molecule has 0 saturated heterocycles. The topological polar surface area (TPSA) is 76.7 Å². The fourth-order valence-electron chi connectivity index (χ4n) is 3.83. The Kier molecular flexibility index (Phi) is 14.8. The van der Waals surface area contributed by atoms with E-state index in [0.29, 0.717) is 48.9 Å². The number of amides is 2. The number of hydrogen-bond donors (Lipinski definition) is 2. The van der Waals surface area contributed by atoms with Gasteiger partial charge in [-0.2, -0.15) is 0 Å². The van der Waals surface area contributed by atoms with E-state index in [0.717, 1.165) is 64.2 Å². The third-order valence-electron chi connectivity index (χ3n) is 5.95. The second-order valence-corrected chi connectivity index (χ2v) is 9.03. The molecule has 0 bridgehead atoms. The molecule has 0 aromatic heterocycles. The van der Waals surface area contributed by atoms with Gasteiger partial charge in [0.1, 0.15) is 11.5 Å². The quantitative estimate of drug-likeness (QED) is 0.216. The van der Waals surface area contributed by atoms with Crippen LogP contribution in [0.3, 0.4) is 0 Å². The summed E-state index contributed by atoms with van der Waals surface area (Å²) in [7, 11) is 0. The summed E-state index contributed by atoms with van der Waals surface area (Å²) in [6, 6.07) is 14.8. The van der Waals surface area contributed by atoms with Crippen molar-refractivity contribution < 1.29 is 19.1 Å². The van der Waals surface area contributed by atoms with E-state index in [1.165, 1.54) is 0 Å². The number of benzene rings is 2. The predicted octanol–water partition coefficient (Wildman–Crippen LogP) is 6.54. The summed E-state index contributed by atoms with van der Waals surface area (Å²) in [6.45, 7) is 6.82. The molecule has 2 aromatic carbocycles. The fraction of sp³-hybridized carbons (Fsp3) is 0.533. The van der Waals surface area contributed by atoms with E-state index < -0.39 is 0 Å². The van der Waals surface area contributed by atoms with Gasteiger partial charge in [0.15, 0.2) is 0 Å². The lowest BCUT2D eigenvalue weighted by molar-refractivity contribution is 0.0938. The molecular weight excluding hydrogens is 452 g/mol. The van der Waals surface area contributed by atoms with E-state index in [9.17, 15) is 9.59 Å². The second kappa shape index (κ2) is 18.3. The molecule has 0 unspecified atom stereocenters. The summed E-state index contributed by atoms with van der Waals surface area (Å²) in [4.78, 5) is 25.2. The molecule has 2 amide bonds. The number of nitrogens with one attached hydrogen (secondary N) is 2. The summed E-state index contributed by atoms with van der Waals surface area (Å²) in [6.07, 6.45) is 10.3. The third kappa shape index (κ3) is 11.1. The number of rotatable bonds is 19. The van der Waals surface area contributed by atoms with Gasteiger partial charge in [0.2, 0.25) is 0 Å². The second-order valence-electron chi connectivity index (χ2n) is 9.03. The molecule has 36 heavy (non-hydrogen) atoms. The number of ether oxygens (including phenoxy) is 2. The Hall–Kier alpha value is -3.02. The molecule has 0 heterocycles. The third-order valence-corrected chi connectivity index (χ3v) is 5.95. The highest BCUT2D eigenvalue weighted by Crippen LogP contribution is 2.19. The summed E-state index contributed by atoms with van der Waals surface area (Å²) in [5.41, 5.74) is 1.18. The first-order valence-corrected chi connectivity index (χ1v) is 13.7. The molecule has 2 aromatic rings. The maximum absolute atomic E-state index is 12.6. The highest BCUT2D eigenvalue weighted by atomic mass is 16.5. The van der Waals surface area contributed by atoms with Gasteiger partial charge < -0.3 is 20.1 Å². The highest BCUT2D eigenvalue weighted by Gasteiger charge is 2.12. The molecule has 0 saturated carbocycles. The lowest BCUT2D eigenvalue weighted by atomic mass is 10.1. The molecule has 0 aliphatic rings. The Bertz CT molecular complexity index is 827. The smallest absolute Gasteiger partial charge is 0.255 e. The van der Waals surface area contributed by atoms with Crippen molar-refractivity contribution in [2.24, 2.45) is 0 Å². The van der Waals surface area contributed by atoms with Crippen LogP contribution in [0.4, 0.5) is 0 Å². The number of para-hydroxylation sites is 2. The monoisotopic (exact) mass is 496 g/mol. The maximum atomic E-state index is 12.6. The average molecular weight is 497 g/mol. The van der Waals surface area contributed by atoms with Gasteiger partial charge >= 0.3 is 0 Å². The standard InChI is InChI=1S/C30H44N2O4/c1-3-5-15-23-35-27-19-11-9-17-25(27)29(33)31-21-13-7-8-14-22-32-30(34)26-18-10-12-20-28(26)36-24-16-6-4-2/h9-12,17-20H,3-8,13-16,21-24H2,1-2H3,(H,31,33)(H,32,34). The van der Waals surface area contributed by atoms with Crippen LogP contribution < -0.4 is 20.1 Å². The Balaban J connectivity index is 1.61. The molecule has 2 rings (SSSR count). The average Bonchev–Trinajstić information content (AvgIpc) is 2.91. The zero-order valence-electron chi connectivity index (χ0n) is 22.2. The minimum Gasteiger partial charge on any atom is -0.493 e.